The quantitative estimate of drug-likeness (QED) is 0.823. The number of nitrogens with one attached hydrogen (secondary N) is 2. The lowest BCUT2D eigenvalue weighted by Crippen LogP contribution is -2.27. The molecule has 0 saturated carbocycles. The van der Waals surface area contributed by atoms with E-state index in [1.807, 2.05) is 55.1 Å². The van der Waals surface area contributed by atoms with Crippen LogP contribution in [0.4, 0.5) is 0 Å². The van der Waals surface area contributed by atoms with Crippen LogP contribution in [0.25, 0.3) is 0 Å². The van der Waals surface area contributed by atoms with E-state index in [-0.39, 0.29) is 11.8 Å². The van der Waals surface area contributed by atoms with Gasteiger partial charge in [-0.15, -0.1) is 0 Å². The van der Waals surface area contributed by atoms with Gasteiger partial charge < -0.3 is 5.32 Å². The van der Waals surface area contributed by atoms with Gasteiger partial charge in [-0.1, -0.05) is 24.3 Å². The highest BCUT2D eigenvalue weighted by Gasteiger charge is 2.16. The SMILES string of the molecule is CNCc1ccc(CS(=O)(=O)NC(C)c2ccsc2)cc1. The molecule has 0 aliphatic carbocycles. The Hall–Kier alpha value is -1.21. The third kappa shape index (κ3) is 4.93. The van der Waals surface area contributed by atoms with Gasteiger partial charge in [0.1, 0.15) is 0 Å². The van der Waals surface area contributed by atoms with Gasteiger partial charge in [0, 0.05) is 12.6 Å². The molecule has 2 N–H and O–H groups in total. The van der Waals surface area contributed by atoms with Gasteiger partial charge >= 0.3 is 0 Å². The molecule has 0 bridgehead atoms. The van der Waals surface area contributed by atoms with Crippen molar-refractivity contribution in [3.63, 3.8) is 0 Å². The zero-order chi connectivity index (χ0) is 15.3. The average Bonchev–Trinajstić information content (AvgIpc) is 2.94. The highest BCUT2D eigenvalue weighted by atomic mass is 32.2. The molecule has 0 aliphatic rings. The second-order valence-electron chi connectivity index (χ2n) is 5.00. The zero-order valence-corrected chi connectivity index (χ0v) is 13.8. The molecule has 1 heterocycles. The number of hydrogen-bond donors (Lipinski definition) is 2. The fraction of sp³-hybridized carbons (Fsp3) is 0.333. The summed E-state index contributed by atoms with van der Waals surface area (Å²) >= 11 is 1.56. The molecule has 0 amide bonds. The van der Waals surface area contributed by atoms with E-state index in [4.69, 9.17) is 0 Å². The molecule has 2 rings (SSSR count). The topological polar surface area (TPSA) is 58.2 Å². The predicted molar refractivity (Wildman–Crippen MR) is 87.7 cm³/mol. The standard InChI is InChI=1S/C15H20N2O2S2/c1-12(15-7-8-20-10-15)17-21(18,19)11-14-5-3-13(4-6-14)9-16-2/h3-8,10,12,16-17H,9,11H2,1-2H3. The van der Waals surface area contributed by atoms with Gasteiger partial charge in [0.05, 0.1) is 5.75 Å². The van der Waals surface area contributed by atoms with E-state index in [2.05, 4.69) is 10.0 Å². The Morgan fingerprint density at radius 3 is 2.38 bits per heavy atom. The van der Waals surface area contributed by atoms with Crippen LogP contribution in [0.5, 0.6) is 0 Å². The molecule has 6 heteroatoms. The largest absolute Gasteiger partial charge is 0.316 e. The van der Waals surface area contributed by atoms with E-state index in [0.29, 0.717) is 0 Å². The van der Waals surface area contributed by atoms with E-state index in [1.165, 1.54) is 0 Å². The van der Waals surface area contributed by atoms with Crippen LogP contribution in [-0.2, 0) is 22.3 Å². The molecule has 0 saturated heterocycles. The lowest BCUT2D eigenvalue weighted by Gasteiger charge is -2.13. The minimum atomic E-state index is -3.35. The summed E-state index contributed by atoms with van der Waals surface area (Å²) in [7, 11) is -1.46. The summed E-state index contributed by atoms with van der Waals surface area (Å²) in [5, 5.41) is 6.97. The van der Waals surface area contributed by atoms with Crippen LogP contribution < -0.4 is 10.0 Å². The van der Waals surface area contributed by atoms with Crippen LogP contribution in [0.2, 0.25) is 0 Å². The summed E-state index contributed by atoms with van der Waals surface area (Å²) < 4.78 is 27.1. The molecule has 0 fully saturated rings. The molecule has 0 aliphatic heterocycles. The summed E-state index contributed by atoms with van der Waals surface area (Å²) in [4.78, 5) is 0. The summed E-state index contributed by atoms with van der Waals surface area (Å²) in [5.41, 5.74) is 2.92. The Morgan fingerprint density at radius 1 is 1.14 bits per heavy atom. The van der Waals surface area contributed by atoms with Crippen molar-refractivity contribution in [2.75, 3.05) is 7.05 Å². The maximum Gasteiger partial charge on any atom is 0.216 e. The number of thiophene rings is 1. The third-order valence-electron chi connectivity index (χ3n) is 3.16. The van der Waals surface area contributed by atoms with E-state index in [9.17, 15) is 8.42 Å². The van der Waals surface area contributed by atoms with Crippen molar-refractivity contribution >= 4 is 21.4 Å². The van der Waals surface area contributed by atoms with E-state index >= 15 is 0 Å². The molecule has 1 aromatic carbocycles. The Bertz CT molecular complexity index is 649. The first-order chi connectivity index (χ1) is 10.00. The molecule has 2 aromatic rings. The average molecular weight is 324 g/mol. The highest BCUT2D eigenvalue weighted by molar-refractivity contribution is 7.88. The molecular weight excluding hydrogens is 304 g/mol. The fourth-order valence-electron chi connectivity index (χ4n) is 2.08. The minimum absolute atomic E-state index is 0.00130. The molecule has 4 nitrogen and oxygen atoms in total. The first-order valence-corrected chi connectivity index (χ1v) is 9.34. The summed E-state index contributed by atoms with van der Waals surface area (Å²) in [6.07, 6.45) is 0. The smallest absolute Gasteiger partial charge is 0.216 e. The van der Waals surface area contributed by atoms with E-state index < -0.39 is 10.0 Å². The number of rotatable bonds is 7. The van der Waals surface area contributed by atoms with Crippen molar-refractivity contribution < 1.29 is 8.42 Å². The number of hydrogen-bond acceptors (Lipinski definition) is 4. The van der Waals surface area contributed by atoms with Crippen LogP contribution in [0.3, 0.4) is 0 Å². The third-order valence-corrected chi connectivity index (χ3v) is 5.29. The molecule has 0 spiro atoms. The van der Waals surface area contributed by atoms with Gasteiger partial charge in [0.15, 0.2) is 0 Å². The Labute approximate surface area is 130 Å². The van der Waals surface area contributed by atoms with Crippen LogP contribution in [0, 0.1) is 0 Å². The summed E-state index contributed by atoms with van der Waals surface area (Å²) in [5.74, 6) is 0.00130. The summed E-state index contributed by atoms with van der Waals surface area (Å²) in [6.45, 7) is 2.64. The maximum absolute atomic E-state index is 12.2. The lowest BCUT2D eigenvalue weighted by atomic mass is 10.1. The molecule has 1 aromatic heterocycles. The molecule has 0 radical (unpaired) electrons. The van der Waals surface area contributed by atoms with Gasteiger partial charge in [-0.25, -0.2) is 13.1 Å². The highest BCUT2D eigenvalue weighted by Crippen LogP contribution is 2.17. The normalized spacial score (nSPS) is 13.2. The lowest BCUT2D eigenvalue weighted by molar-refractivity contribution is 0.566. The van der Waals surface area contributed by atoms with Crippen LogP contribution in [0.15, 0.2) is 41.1 Å². The maximum atomic E-state index is 12.2. The first kappa shape index (κ1) is 16.2. The van der Waals surface area contributed by atoms with Crippen molar-refractivity contribution in [3.8, 4) is 0 Å². The fourth-order valence-corrected chi connectivity index (χ4v) is 4.22. The van der Waals surface area contributed by atoms with Crippen LogP contribution >= 0.6 is 11.3 Å². The Balaban J connectivity index is 2.00. The van der Waals surface area contributed by atoms with Gasteiger partial charge in [0.25, 0.3) is 0 Å². The molecule has 1 atom stereocenters. The van der Waals surface area contributed by atoms with Gasteiger partial charge in [0.2, 0.25) is 10.0 Å². The number of benzene rings is 1. The van der Waals surface area contributed by atoms with E-state index in [0.717, 1.165) is 23.2 Å². The second-order valence-corrected chi connectivity index (χ2v) is 7.54. The van der Waals surface area contributed by atoms with Crippen LogP contribution in [-0.4, -0.2) is 15.5 Å². The predicted octanol–water partition coefficient (Wildman–Crippen LogP) is 2.65. The van der Waals surface area contributed by atoms with Crippen molar-refractivity contribution in [2.24, 2.45) is 0 Å². The molecule has 21 heavy (non-hydrogen) atoms. The van der Waals surface area contributed by atoms with Crippen molar-refractivity contribution in [1.29, 1.82) is 0 Å². The van der Waals surface area contributed by atoms with Crippen molar-refractivity contribution in [2.45, 2.75) is 25.3 Å². The minimum Gasteiger partial charge on any atom is -0.316 e. The van der Waals surface area contributed by atoms with Gasteiger partial charge in [-0.05, 0) is 47.5 Å². The van der Waals surface area contributed by atoms with E-state index in [1.54, 1.807) is 11.3 Å². The first-order valence-electron chi connectivity index (χ1n) is 6.74. The molecular formula is C15H20N2O2S2. The number of sulfonamides is 1. The van der Waals surface area contributed by atoms with Gasteiger partial charge in [-0.3, -0.25) is 0 Å². The molecule has 114 valence electrons. The summed E-state index contributed by atoms with van der Waals surface area (Å²) in [6, 6.07) is 9.35. The Kier molecular flexibility index (Phi) is 5.52. The van der Waals surface area contributed by atoms with Crippen molar-refractivity contribution in [1.82, 2.24) is 10.0 Å². The monoisotopic (exact) mass is 324 g/mol. The van der Waals surface area contributed by atoms with Gasteiger partial charge in [-0.2, -0.15) is 11.3 Å². The molecule has 1 unspecified atom stereocenters. The Morgan fingerprint density at radius 2 is 1.81 bits per heavy atom. The second kappa shape index (κ2) is 7.17. The van der Waals surface area contributed by atoms with Crippen molar-refractivity contribution in [3.05, 3.63) is 57.8 Å². The zero-order valence-electron chi connectivity index (χ0n) is 12.2. The van der Waals surface area contributed by atoms with Crippen LogP contribution in [0.1, 0.15) is 29.7 Å².